The maximum Gasteiger partial charge on any atom is 0.227 e. The van der Waals surface area contributed by atoms with Gasteiger partial charge in [-0.15, -0.1) is 0 Å². The normalized spacial score (nSPS) is 14.3. The van der Waals surface area contributed by atoms with Gasteiger partial charge in [-0.3, -0.25) is 4.79 Å². The predicted octanol–water partition coefficient (Wildman–Crippen LogP) is 2.81. The molecule has 2 aromatic rings. The average Bonchev–Trinajstić information content (AvgIpc) is 2.64. The summed E-state index contributed by atoms with van der Waals surface area (Å²) in [7, 11) is 0. The topological polar surface area (TPSA) is 60.2 Å². The van der Waals surface area contributed by atoms with Crippen LogP contribution in [0.1, 0.15) is 16.8 Å². The average molecular weight is 355 g/mol. The van der Waals surface area contributed by atoms with Gasteiger partial charge in [-0.2, -0.15) is 5.26 Å². The molecule has 1 saturated heterocycles. The van der Waals surface area contributed by atoms with E-state index in [-0.39, 0.29) is 5.91 Å². The van der Waals surface area contributed by atoms with E-state index in [1.807, 2.05) is 42.2 Å². The number of halogens is 1. The maximum absolute atomic E-state index is 12.5. The van der Waals surface area contributed by atoms with Gasteiger partial charge in [0.15, 0.2) is 0 Å². The Hall–Kier alpha value is -2.58. The van der Waals surface area contributed by atoms with Crippen LogP contribution in [0.4, 0.5) is 5.82 Å². The number of hydrogen-bond donors (Lipinski definition) is 0. The summed E-state index contributed by atoms with van der Waals surface area (Å²) in [5.74, 6) is 0.877. The van der Waals surface area contributed by atoms with E-state index < -0.39 is 0 Å². The number of carbonyl (C=O) groups is 1. The first kappa shape index (κ1) is 17.2. The molecular formula is C19H19ClN4O. The molecule has 6 heteroatoms. The zero-order valence-corrected chi connectivity index (χ0v) is 14.8. The van der Waals surface area contributed by atoms with Crippen molar-refractivity contribution < 1.29 is 4.79 Å². The number of aromatic nitrogens is 1. The minimum absolute atomic E-state index is 0.0855. The highest BCUT2D eigenvalue weighted by Crippen LogP contribution is 2.19. The molecule has 1 aromatic carbocycles. The van der Waals surface area contributed by atoms with Crippen molar-refractivity contribution >= 4 is 23.3 Å². The van der Waals surface area contributed by atoms with E-state index in [4.69, 9.17) is 16.9 Å². The van der Waals surface area contributed by atoms with Gasteiger partial charge in [0.1, 0.15) is 17.6 Å². The summed E-state index contributed by atoms with van der Waals surface area (Å²) < 4.78 is 0. The third kappa shape index (κ3) is 3.92. The van der Waals surface area contributed by atoms with Crippen LogP contribution in [0.15, 0.2) is 36.4 Å². The Kier molecular flexibility index (Phi) is 5.20. The zero-order valence-electron chi connectivity index (χ0n) is 14.1. The van der Waals surface area contributed by atoms with Crippen molar-refractivity contribution in [2.75, 3.05) is 31.1 Å². The van der Waals surface area contributed by atoms with E-state index in [0.717, 1.165) is 16.9 Å². The second-order valence-corrected chi connectivity index (χ2v) is 6.49. The van der Waals surface area contributed by atoms with E-state index in [1.165, 1.54) is 0 Å². The molecule has 5 nitrogen and oxygen atoms in total. The molecule has 0 radical (unpaired) electrons. The van der Waals surface area contributed by atoms with Gasteiger partial charge >= 0.3 is 0 Å². The number of nitrogens with zero attached hydrogens (tertiary/aromatic N) is 4. The maximum atomic E-state index is 12.5. The summed E-state index contributed by atoms with van der Waals surface area (Å²) in [5.41, 5.74) is 2.19. The van der Waals surface area contributed by atoms with Crippen molar-refractivity contribution in [2.45, 2.75) is 13.3 Å². The van der Waals surface area contributed by atoms with Crippen LogP contribution in [0.3, 0.4) is 0 Å². The van der Waals surface area contributed by atoms with Crippen molar-refractivity contribution in [1.82, 2.24) is 9.88 Å². The van der Waals surface area contributed by atoms with E-state index in [1.54, 1.807) is 6.07 Å². The van der Waals surface area contributed by atoms with Gasteiger partial charge in [-0.1, -0.05) is 35.9 Å². The standard InChI is InChI=1S/C19H19ClN4O/c1-14-6-7-18(22-17(14)13-21)23-8-10-24(11-9-23)19(25)12-15-4-2-3-5-16(15)20/h2-7H,8-12H2,1H3. The van der Waals surface area contributed by atoms with E-state index in [2.05, 4.69) is 16.0 Å². The molecule has 1 aromatic heterocycles. The van der Waals surface area contributed by atoms with E-state index in [0.29, 0.717) is 43.3 Å². The lowest BCUT2D eigenvalue weighted by Crippen LogP contribution is -2.49. The van der Waals surface area contributed by atoms with Gasteiger partial charge in [0.25, 0.3) is 0 Å². The number of amides is 1. The Balaban J connectivity index is 1.61. The highest BCUT2D eigenvalue weighted by Gasteiger charge is 2.22. The first-order valence-electron chi connectivity index (χ1n) is 8.22. The Bertz CT molecular complexity index is 822. The Labute approximate surface area is 152 Å². The Morgan fingerprint density at radius 3 is 2.60 bits per heavy atom. The number of anilines is 1. The third-order valence-electron chi connectivity index (χ3n) is 4.44. The molecule has 2 heterocycles. The molecule has 0 bridgehead atoms. The van der Waals surface area contributed by atoms with Gasteiger partial charge in [0.05, 0.1) is 6.42 Å². The van der Waals surface area contributed by atoms with Crippen molar-refractivity contribution in [3.63, 3.8) is 0 Å². The summed E-state index contributed by atoms with van der Waals surface area (Å²) in [6.45, 7) is 4.56. The van der Waals surface area contributed by atoms with Crippen LogP contribution in [0, 0.1) is 18.3 Å². The van der Waals surface area contributed by atoms with Crippen molar-refractivity contribution in [3.8, 4) is 6.07 Å². The van der Waals surface area contributed by atoms with E-state index >= 15 is 0 Å². The summed E-state index contributed by atoms with van der Waals surface area (Å²) in [6, 6.07) is 13.4. The van der Waals surface area contributed by atoms with Gasteiger partial charge in [-0.05, 0) is 30.2 Å². The van der Waals surface area contributed by atoms with Crippen molar-refractivity contribution in [3.05, 3.63) is 58.2 Å². The Morgan fingerprint density at radius 1 is 1.20 bits per heavy atom. The molecule has 0 saturated carbocycles. The van der Waals surface area contributed by atoms with Gasteiger partial charge < -0.3 is 9.80 Å². The van der Waals surface area contributed by atoms with Crippen LogP contribution in [-0.2, 0) is 11.2 Å². The second-order valence-electron chi connectivity index (χ2n) is 6.08. The van der Waals surface area contributed by atoms with Crippen LogP contribution in [-0.4, -0.2) is 42.0 Å². The number of rotatable bonds is 3. The van der Waals surface area contributed by atoms with Gasteiger partial charge in [-0.25, -0.2) is 4.98 Å². The molecule has 0 spiro atoms. The van der Waals surface area contributed by atoms with Crippen LogP contribution in [0.25, 0.3) is 0 Å². The molecular weight excluding hydrogens is 336 g/mol. The van der Waals surface area contributed by atoms with E-state index in [9.17, 15) is 4.79 Å². The molecule has 1 aliphatic heterocycles. The van der Waals surface area contributed by atoms with Crippen molar-refractivity contribution in [1.29, 1.82) is 5.26 Å². The first-order valence-corrected chi connectivity index (χ1v) is 8.60. The molecule has 1 fully saturated rings. The lowest BCUT2D eigenvalue weighted by Gasteiger charge is -2.35. The molecule has 0 unspecified atom stereocenters. The molecule has 3 rings (SSSR count). The van der Waals surface area contributed by atoms with Crippen LogP contribution >= 0.6 is 11.6 Å². The number of pyridine rings is 1. The summed E-state index contributed by atoms with van der Waals surface area (Å²) in [6.07, 6.45) is 0.320. The fraction of sp³-hybridized carbons (Fsp3) is 0.316. The number of benzene rings is 1. The Morgan fingerprint density at radius 2 is 1.92 bits per heavy atom. The molecule has 1 aliphatic rings. The third-order valence-corrected chi connectivity index (χ3v) is 4.81. The molecule has 1 amide bonds. The van der Waals surface area contributed by atoms with Gasteiger partial charge in [0, 0.05) is 31.2 Å². The van der Waals surface area contributed by atoms with Gasteiger partial charge in [0.2, 0.25) is 5.91 Å². The molecule has 25 heavy (non-hydrogen) atoms. The second kappa shape index (κ2) is 7.54. The van der Waals surface area contributed by atoms with Crippen LogP contribution in [0.5, 0.6) is 0 Å². The molecule has 0 N–H and O–H groups in total. The lowest BCUT2D eigenvalue weighted by molar-refractivity contribution is -0.130. The highest BCUT2D eigenvalue weighted by molar-refractivity contribution is 6.31. The quantitative estimate of drug-likeness (QED) is 0.850. The fourth-order valence-corrected chi connectivity index (χ4v) is 3.11. The predicted molar refractivity (Wildman–Crippen MR) is 97.6 cm³/mol. The highest BCUT2D eigenvalue weighted by atomic mass is 35.5. The largest absolute Gasteiger partial charge is 0.353 e. The number of hydrogen-bond acceptors (Lipinski definition) is 4. The lowest BCUT2D eigenvalue weighted by atomic mass is 10.1. The summed E-state index contributed by atoms with van der Waals surface area (Å²) in [4.78, 5) is 20.9. The zero-order chi connectivity index (χ0) is 17.8. The molecule has 128 valence electrons. The van der Waals surface area contributed by atoms with Crippen LogP contribution < -0.4 is 4.90 Å². The summed E-state index contributed by atoms with van der Waals surface area (Å²) >= 11 is 6.14. The molecule has 0 aliphatic carbocycles. The fourth-order valence-electron chi connectivity index (χ4n) is 2.91. The molecule has 0 atom stereocenters. The number of carbonyl (C=O) groups excluding carboxylic acids is 1. The summed E-state index contributed by atoms with van der Waals surface area (Å²) in [5, 5.41) is 9.75. The van der Waals surface area contributed by atoms with Crippen LogP contribution in [0.2, 0.25) is 5.02 Å². The number of aryl methyl sites for hydroxylation is 1. The smallest absolute Gasteiger partial charge is 0.227 e. The monoisotopic (exact) mass is 354 g/mol. The number of piperazine rings is 1. The minimum atomic E-state index is 0.0855. The van der Waals surface area contributed by atoms with Crippen molar-refractivity contribution in [2.24, 2.45) is 0 Å². The number of nitriles is 1. The first-order chi connectivity index (χ1) is 12.1. The minimum Gasteiger partial charge on any atom is -0.353 e. The SMILES string of the molecule is Cc1ccc(N2CCN(C(=O)Cc3ccccc3Cl)CC2)nc1C#N.